The van der Waals surface area contributed by atoms with Crippen molar-refractivity contribution in [1.29, 1.82) is 0 Å². The Morgan fingerprint density at radius 2 is 1.45 bits per heavy atom. The van der Waals surface area contributed by atoms with E-state index in [0.717, 1.165) is 24.3 Å². The van der Waals surface area contributed by atoms with E-state index in [2.05, 4.69) is 61.5 Å². The number of aromatic hydroxyl groups is 1. The maximum absolute atomic E-state index is 13.0. The molecular weight excluding hydrogens is 516 g/mol. The molecule has 4 saturated carbocycles. The number of benzene rings is 1. The summed E-state index contributed by atoms with van der Waals surface area (Å²) in [4.78, 5) is 13.0. The highest BCUT2D eigenvalue weighted by Crippen LogP contribution is 2.75. The number of ether oxygens (including phenoxy) is 1. The van der Waals surface area contributed by atoms with Crippen LogP contribution in [0, 0.1) is 50.2 Å². The Balaban J connectivity index is 1.23. The third-order valence-electron chi connectivity index (χ3n) is 14.2. The van der Waals surface area contributed by atoms with E-state index < -0.39 is 0 Å². The van der Waals surface area contributed by atoms with E-state index in [-0.39, 0.29) is 34.1 Å². The van der Waals surface area contributed by atoms with Crippen LogP contribution in [0.25, 0.3) is 6.08 Å². The molecule has 0 saturated heterocycles. The molecule has 0 amide bonds. The molecule has 42 heavy (non-hydrogen) atoms. The number of phenols is 1. The van der Waals surface area contributed by atoms with Crippen molar-refractivity contribution >= 4 is 12.0 Å². The lowest BCUT2D eigenvalue weighted by atomic mass is 9.34. The van der Waals surface area contributed by atoms with Crippen LogP contribution in [0.1, 0.15) is 125 Å². The van der Waals surface area contributed by atoms with Gasteiger partial charge in [0.15, 0.2) is 0 Å². The smallest absolute Gasteiger partial charge is 0.331 e. The summed E-state index contributed by atoms with van der Waals surface area (Å²) >= 11 is 0. The SMILES string of the molecule is CC1(C)CC[C@]2(C)CC=C3[C@]4(C)CC[C@H]5C(C)(C)[C@@H](OC(=O)/C=C/c6ccc(O)cc6)CC[C@]5(C)[C@H]4CC[C@@]3(C)[C@H]2C1. The van der Waals surface area contributed by atoms with Gasteiger partial charge in [0.2, 0.25) is 0 Å². The summed E-state index contributed by atoms with van der Waals surface area (Å²) in [5.74, 6) is 1.99. The summed E-state index contributed by atoms with van der Waals surface area (Å²) in [5, 5.41) is 9.54. The minimum absolute atomic E-state index is 0.0650. The van der Waals surface area contributed by atoms with Crippen LogP contribution in [0.3, 0.4) is 0 Å². The van der Waals surface area contributed by atoms with Crippen molar-refractivity contribution in [2.24, 2.45) is 50.2 Å². The molecule has 5 aliphatic carbocycles. The first-order chi connectivity index (χ1) is 19.5. The number of rotatable bonds is 3. The summed E-state index contributed by atoms with van der Waals surface area (Å²) in [6, 6.07) is 6.89. The highest BCUT2D eigenvalue weighted by molar-refractivity contribution is 5.87. The molecule has 0 unspecified atom stereocenters. The third kappa shape index (κ3) is 4.54. The Labute approximate surface area is 255 Å². The number of allylic oxidation sites excluding steroid dienone is 2. The van der Waals surface area contributed by atoms with E-state index >= 15 is 0 Å². The van der Waals surface area contributed by atoms with Crippen LogP contribution in [-0.2, 0) is 9.53 Å². The van der Waals surface area contributed by atoms with Crippen LogP contribution in [0.15, 0.2) is 42.0 Å². The standard InChI is InChI=1S/C39H56O3/c1-34(2)23-24-36(5)19-15-29-38(7)20-16-28-35(3,4)32(42-33(41)14-11-26-9-12-27(40)13-10-26)18-22-37(28,6)30(38)17-21-39(29,8)31(36)25-34/h9-15,28,30-32,40H,16-25H2,1-8H3/b14-11+/t28-,30+,31-,32-,36-,37-,38-,39+/m0/s1. The highest BCUT2D eigenvalue weighted by atomic mass is 16.5. The number of hydrogen-bond donors (Lipinski definition) is 1. The number of hydrogen-bond acceptors (Lipinski definition) is 3. The molecule has 0 aliphatic heterocycles. The normalized spacial score (nSPS) is 43.8. The van der Waals surface area contributed by atoms with Gasteiger partial charge in [-0.1, -0.05) is 79.2 Å². The lowest BCUT2D eigenvalue weighted by Crippen LogP contribution is -2.63. The first kappa shape index (κ1) is 30.0. The maximum atomic E-state index is 13.0. The van der Waals surface area contributed by atoms with Crippen molar-refractivity contribution in [1.82, 2.24) is 0 Å². The number of carbonyl (C=O) groups excluding carboxylic acids is 1. The quantitative estimate of drug-likeness (QED) is 0.223. The number of carbonyl (C=O) groups is 1. The summed E-state index contributed by atoms with van der Waals surface area (Å²) in [6.07, 6.45) is 18.6. The molecule has 0 bridgehead atoms. The first-order valence-electron chi connectivity index (χ1n) is 16.9. The Bertz CT molecular complexity index is 1280. The molecule has 230 valence electrons. The lowest BCUT2D eigenvalue weighted by molar-refractivity contribution is -0.197. The molecule has 8 atom stereocenters. The summed E-state index contributed by atoms with van der Waals surface area (Å²) in [7, 11) is 0. The Morgan fingerprint density at radius 1 is 0.810 bits per heavy atom. The molecule has 3 nitrogen and oxygen atoms in total. The van der Waals surface area contributed by atoms with Crippen LogP contribution in [0.5, 0.6) is 5.75 Å². The maximum Gasteiger partial charge on any atom is 0.331 e. The fourth-order valence-electron chi connectivity index (χ4n) is 12.0. The van der Waals surface area contributed by atoms with Crippen LogP contribution in [-0.4, -0.2) is 17.2 Å². The summed E-state index contributed by atoms with van der Waals surface area (Å²) in [6.45, 7) is 20.3. The van der Waals surface area contributed by atoms with Crippen LogP contribution in [0.4, 0.5) is 0 Å². The van der Waals surface area contributed by atoms with E-state index in [4.69, 9.17) is 4.74 Å². The average Bonchev–Trinajstić information content (AvgIpc) is 2.90. The molecule has 5 aliphatic rings. The number of phenolic OH excluding ortho intramolecular Hbond substituents is 1. The van der Waals surface area contributed by atoms with Gasteiger partial charge in [-0.05, 0) is 133 Å². The fourth-order valence-corrected chi connectivity index (χ4v) is 12.0. The van der Waals surface area contributed by atoms with Gasteiger partial charge in [0.25, 0.3) is 0 Å². The molecule has 4 fully saturated rings. The van der Waals surface area contributed by atoms with Gasteiger partial charge in [0.1, 0.15) is 11.9 Å². The Hall–Kier alpha value is -2.03. The number of esters is 1. The zero-order valence-corrected chi connectivity index (χ0v) is 27.7. The van der Waals surface area contributed by atoms with Gasteiger partial charge in [-0.2, -0.15) is 0 Å². The van der Waals surface area contributed by atoms with Crippen LogP contribution < -0.4 is 0 Å². The molecular formula is C39H56O3. The fraction of sp³-hybridized carbons (Fsp3) is 0.718. The van der Waals surface area contributed by atoms with E-state index in [9.17, 15) is 9.90 Å². The van der Waals surface area contributed by atoms with E-state index in [0.29, 0.717) is 28.1 Å². The monoisotopic (exact) mass is 572 g/mol. The van der Waals surface area contributed by atoms with Crippen molar-refractivity contribution in [2.45, 2.75) is 126 Å². The van der Waals surface area contributed by atoms with Crippen molar-refractivity contribution in [3.05, 3.63) is 47.6 Å². The van der Waals surface area contributed by atoms with Gasteiger partial charge in [0.05, 0.1) is 0 Å². The van der Waals surface area contributed by atoms with E-state index in [1.54, 1.807) is 36.4 Å². The predicted molar refractivity (Wildman–Crippen MR) is 172 cm³/mol. The predicted octanol–water partition coefficient (Wildman–Crippen LogP) is 10.1. The van der Waals surface area contributed by atoms with Gasteiger partial charge < -0.3 is 9.84 Å². The van der Waals surface area contributed by atoms with Gasteiger partial charge in [-0.3, -0.25) is 0 Å². The van der Waals surface area contributed by atoms with Gasteiger partial charge in [-0.25, -0.2) is 4.79 Å². The third-order valence-corrected chi connectivity index (χ3v) is 14.2. The van der Waals surface area contributed by atoms with Crippen LogP contribution in [0.2, 0.25) is 0 Å². The average molecular weight is 573 g/mol. The molecule has 0 heterocycles. The molecule has 0 spiro atoms. The largest absolute Gasteiger partial charge is 0.508 e. The van der Waals surface area contributed by atoms with Gasteiger partial charge in [-0.15, -0.1) is 0 Å². The van der Waals surface area contributed by atoms with Gasteiger partial charge >= 0.3 is 5.97 Å². The summed E-state index contributed by atoms with van der Waals surface area (Å²) in [5.41, 5.74) is 4.41. The molecule has 6 rings (SSSR count). The van der Waals surface area contributed by atoms with Crippen molar-refractivity contribution in [3.63, 3.8) is 0 Å². The first-order valence-corrected chi connectivity index (χ1v) is 16.9. The molecule has 1 aromatic carbocycles. The van der Waals surface area contributed by atoms with Crippen molar-refractivity contribution < 1.29 is 14.6 Å². The molecule has 1 aromatic rings. The topological polar surface area (TPSA) is 46.5 Å². The molecule has 1 N–H and O–H groups in total. The Morgan fingerprint density at radius 3 is 2.14 bits per heavy atom. The minimum atomic E-state index is -0.260. The lowest BCUT2D eigenvalue weighted by Gasteiger charge is -2.70. The zero-order chi connectivity index (χ0) is 30.3. The van der Waals surface area contributed by atoms with Gasteiger partial charge in [0, 0.05) is 11.5 Å². The van der Waals surface area contributed by atoms with E-state index in [1.807, 2.05) is 5.57 Å². The van der Waals surface area contributed by atoms with Crippen molar-refractivity contribution in [2.75, 3.05) is 0 Å². The molecule has 0 aromatic heterocycles. The Kier molecular flexibility index (Phi) is 6.96. The second kappa shape index (κ2) is 9.73. The zero-order valence-electron chi connectivity index (χ0n) is 27.7. The second-order valence-electron chi connectivity index (χ2n) is 17.6. The second-order valence-corrected chi connectivity index (χ2v) is 17.6. The van der Waals surface area contributed by atoms with Crippen LogP contribution >= 0.6 is 0 Å². The number of fused-ring (bicyclic) bond motifs is 7. The summed E-state index contributed by atoms with van der Waals surface area (Å²) < 4.78 is 6.21. The highest BCUT2D eigenvalue weighted by Gasteiger charge is 2.67. The minimum Gasteiger partial charge on any atom is -0.508 e. The molecule has 3 heteroatoms. The molecule has 0 radical (unpaired) electrons. The van der Waals surface area contributed by atoms with E-state index in [1.165, 1.54) is 51.4 Å². The van der Waals surface area contributed by atoms with Crippen molar-refractivity contribution in [3.8, 4) is 5.75 Å².